The lowest BCUT2D eigenvalue weighted by atomic mass is 9.98. The molecule has 0 aliphatic carbocycles. The Kier molecular flexibility index (Phi) is 5.44. The van der Waals surface area contributed by atoms with Crippen LogP contribution in [0.4, 0.5) is 4.39 Å². The first kappa shape index (κ1) is 19.6. The first-order valence-corrected chi connectivity index (χ1v) is 9.73. The van der Waals surface area contributed by atoms with Crippen LogP contribution < -0.4 is 0 Å². The predicted molar refractivity (Wildman–Crippen MR) is 113 cm³/mol. The minimum absolute atomic E-state index is 0.0518. The Balaban J connectivity index is 1.73. The van der Waals surface area contributed by atoms with Crippen LogP contribution in [0.15, 0.2) is 79.0 Å². The third-order valence-electron chi connectivity index (χ3n) is 5.07. The maximum Gasteiger partial charge on any atom is 0.339 e. The van der Waals surface area contributed by atoms with Crippen LogP contribution in [-0.2, 0) is 11.2 Å². The summed E-state index contributed by atoms with van der Waals surface area (Å²) in [7, 11) is 0. The third-order valence-corrected chi connectivity index (χ3v) is 5.07. The summed E-state index contributed by atoms with van der Waals surface area (Å²) in [5, 5.41) is 0.780. The fourth-order valence-corrected chi connectivity index (χ4v) is 3.55. The summed E-state index contributed by atoms with van der Waals surface area (Å²) < 4.78 is 19.1. The van der Waals surface area contributed by atoms with E-state index in [1.54, 1.807) is 30.5 Å². The molecule has 1 atom stereocenters. The Morgan fingerprint density at radius 1 is 1.00 bits per heavy atom. The van der Waals surface area contributed by atoms with Crippen LogP contribution in [0, 0.1) is 5.82 Å². The third kappa shape index (κ3) is 3.74. The molecule has 0 unspecified atom stereocenters. The average Bonchev–Trinajstić information content (AvgIpc) is 3.22. The molecule has 1 aromatic heterocycles. The Labute approximate surface area is 173 Å². The van der Waals surface area contributed by atoms with Gasteiger partial charge in [-0.25, -0.2) is 9.18 Å². The van der Waals surface area contributed by atoms with Gasteiger partial charge in [0.25, 0.3) is 0 Å². The quantitative estimate of drug-likeness (QED) is 0.335. The van der Waals surface area contributed by atoms with E-state index in [1.165, 1.54) is 18.2 Å². The molecule has 4 aromatic rings. The van der Waals surface area contributed by atoms with Crippen molar-refractivity contribution < 1.29 is 18.7 Å². The van der Waals surface area contributed by atoms with Crippen molar-refractivity contribution >= 4 is 22.7 Å². The van der Waals surface area contributed by atoms with Gasteiger partial charge in [0.1, 0.15) is 5.82 Å². The summed E-state index contributed by atoms with van der Waals surface area (Å²) in [5.74, 6) is -1.65. The second-order valence-electron chi connectivity index (χ2n) is 6.97. The zero-order valence-electron chi connectivity index (χ0n) is 16.4. The highest BCUT2D eigenvalue weighted by Crippen LogP contribution is 2.29. The highest BCUT2D eigenvalue weighted by atomic mass is 19.1. The Morgan fingerprint density at radius 2 is 1.77 bits per heavy atom. The number of halogens is 1. The molecule has 4 nitrogen and oxygen atoms in total. The maximum absolute atomic E-state index is 13.5. The Bertz CT molecular complexity index is 1210. The van der Waals surface area contributed by atoms with E-state index in [1.807, 2.05) is 31.2 Å². The first-order valence-electron chi connectivity index (χ1n) is 9.73. The second-order valence-corrected chi connectivity index (χ2v) is 6.97. The van der Waals surface area contributed by atoms with E-state index in [0.29, 0.717) is 11.1 Å². The van der Waals surface area contributed by atoms with Crippen LogP contribution in [0.25, 0.3) is 10.9 Å². The van der Waals surface area contributed by atoms with Gasteiger partial charge in [-0.3, -0.25) is 4.79 Å². The Hall–Kier alpha value is -3.73. The van der Waals surface area contributed by atoms with Crippen molar-refractivity contribution in [2.75, 3.05) is 0 Å². The average molecular weight is 401 g/mol. The summed E-state index contributed by atoms with van der Waals surface area (Å²) in [6.07, 6.45) is 1.33. The largest absolute Gasteiger partial charge is 0.445 e. The number of aromatic nitrogens is 1. The fourth-order valence-electron chi connectivity index (χ4n) is 3.55. The SMILES string of the molecule is CCc1cccc2c(C(=O)[C@H](OC(=O)c3cccc(F)c3)c3ccccc3)c[nH]c12. The molecule has 0 saturated heterocycles. The van der Waals surface area contributed by atoms with Crippen molar-refractivity contribution in [3.05, 3.63) is 107 Å². The molecule has 0 saturated carbocycles. The van der Waals surface area contributed by atoms with E-state index in [4.69, 9.17) is 4.74 Å². The lowest BCUT2D eigenvalue weighted by Crippen LogP contribution is -2.20. The number of hydrogen-bond donors (Lipinski definition) is 1. The van der Waals surface area contributed by atoms with Crippen LogP contribution in [0.2, 0.25) is 0 Å². The van der Waals surface area contributed by atoms with Gasteiger partial charge in [0.2, 0.25) is 5.78 Å². The van der Waals surface area contributed by atoms with Crippen molar-refractivity contribution in [1.82, 2.24) is 4.98 Å². The zero-order chi connectivity index (χ0) is 21.1. The lowest BCUT2D eigenvalue weighted by molar-refractivity contribution is 0.0280. The lowest BCUT2D eigenvalue weighted by Gasteiger charge is -2.17. The topological polar surface area (TPSA) is 59.2 Å². The number of Topliss-reactive ketones (excluding diaryl/α,β-unsaturated/α-hetero) is 1. The van der Waals surface area contributed by atoms with E-state index < -0.39 is 17.9 Å². The number of ketones is 1. The molecule has 0 fully saturated rings. The number of aromatic amines is 1. The number of benzene rings is 3. The number of para-hydroxylation sites is 1. The smallest absolute Gasteiger partial charge is 0.339 e. The number of aryl methyl sites for hydroxylation is 1. The van der Waals surface area contributed by atoms with Gasteiger partial charge >= 0.3 is 5.97 Å². The van der Waals surface area contributed by atoms with Crippen molar-refractivity contribution in [2.24, 2.45) is 0 Å². The molecular formula is C25H20FNO3. The van der Waals surface area contributed by atoms with Gasteiger partial charge in [0.05, 0.1) is 5.56 Å². The summed E-state index contributed by atoms with van der Waals surface area (Å²) in [6.45, 7) is 2.05. The standard InChI is InChI=1S/C25H20FNO3/c1-2-16-10-7-13-20-21(15-27-22(16)20)23(28)24(17-8-4-3-5-9-17)30-25(29)18-11-6-12-19(26)14-18/h3-15,24,27H,2H2,1H3/t24-/m1/s1. The van der Waals surface area contributed by atoms with E-state index in [9.17, 15) is 14.0 Å². The van der Waals surface area contributed by atoms with Gasteiger partial charge in [-0.15, -0.1) is 0 Å². The molecule has 0 radical (unpaired) electrons. The van der Waals surface area contributed by atoms with Crippen LogP contribution >= 0.6 is 0 Å². The van der Waals surface area contributed by atoms with Crippen LogP contribution in [0.5, 0.6) is 0 Å². The fraction of sp³-hybridized carbons (Fsp3) is 0.120. The van der Waals surface area contributed by atoms with E-state index in [2.05, 4.69) is 4.98 Å². The van der Waals surface area contributed by atoms with Gasteiger partial charge in [-0.2, -0.15) is 0 Å². The number of fused-ring (bicyclic) bond motifs is 1. The molecule has 1 N–H and O–H groups in total. The number of H-pyrrole nitrogens is 1. The molecule has 30 heavy (non-hydrogen) atoms. The molecule has 4 rings (SSSR count). The van der Waals surface area contributed by atoms with Crippen LogP contribution in [-0.4, -0.2) is 16.7 Å². The summed E-state index contributed by atoms with van der Waals surface area (Å²) in [6, 6.07) is 19.8. The number of carbonyl (C=O) groups excluding carboxylic acids is 2. The van der Waals surface area contributed by atoms with Gasteiger partial charge in [-0.1, -0.05) is 61.5 Å². The second kappa shape index (κ2) is 8.33. The number of ether oxygens (including phenoxy) is 1. The molecule has 5 heteroatoms. The number of nitrogens with one attached hydrogen (secondary N) is 1. The molecule has 0 bridgehead atoms. The molecule has 0 amide bonds. The Morgan fingerprint density at radius 3 is 2.50 bits per heavy atom. The summed E-state index contributed by atoms with van der Waals surface area (Å²) in [4.78, 5) is 29.3. The highest BCUT2D eigenvalue weighted by molar-refractivity contribution is 6.11. The van der Waals surface area contributed by atoms with Crippen molar-refractivity contribution in [3.63, 3.8) is 0 Å². The van der Waals surface area contributed by atoms with E-state index >= 15 is 0 Å². The van der Waals surface area contributed by atoms with Crippen LogP contribution in [0.1, 0.15) is 44.9 Å². The maximum atomic E-state index is 13.5. The van der Waals surface area contributed by atoms with Crippen molar-refractivity contribution in [2.45, 2.75) is 19.4 Å². The monoisotopic (exact) mass is 401 g/mol. The number of hydrogen-bond acceptors (Lipinski definition) is 3. The van der Waals surface area contributed by atoms with Gasteiger partial charge in [-0.05, 0) is 30.2 Å². The minimum atomic E-state index is -1.15. The van der Waals surface area contributed by atoms with Gasteiger partial charge in [0.15, 0.2) is 6.10 Å². The van der Waals surface area contributed by atoms with Crippen LogP contribution in [0.3, 0.4) is 0 Å². The minimum Gasteiger partial charge on any atom is -0.445 e. The first-order chi connectivity index (χ1) is 14.6. The molecule has 1 heterocycles. The van der Waals surface area contributed by atoms with Gasteiger partial charge in [0, 0.05) is 28.2 Å². The van der Waals surface area contributed by atoms with Gasteiger partial charge < -0.3 is 9.72 Å². The molecule has 0 spiro atoms. The zero-order valence-corrected chi connectivity index (χ0v) is 16.4. The molecule has 0 aliphatic heterocycles. The highest BCUT2D eigenvalue weighted by Gasteiger charge is 2.29. The molecule has 3 aromatic carbocycles. The number of rotatable bonds is 6. The summed E-state index contributed by atoms with van der Waals surface area (Å²) in [5.41, 5.74) is 3.04. The molecular weight excluding hydrogens is 381 g/mol. The number of esters is 1. The predicted octanol–water partition coefficient (Wildman–Crippen LogP) is 5.65. The molecule has 150 valence electrons. The van der Waals surface area contributed by atoms with E-state index in [0.717, 1.165) is 29.0 Å². The molecule has 0 aliphatic rings. The number of carbonyl (C=O) groups is 2. The van der Waals surface area contributed by atoms with Crippen molar-refractivity contribution in [3.8, 4) is 0 Å². The van der Waals surface area contributed by atoms with Crippen molar-refractivity contribution in [1.29, 1.82) is 0 Å². The summed E-state index contributed by atoms with van der Waals surface area (Å²) >= 11 is 0. The van der Waals surface area contributed by atoms with E-state index in [-0.39, 0.29) is 11.3 Å². The normalized spacial score (nSPS) is 11.9.